The fraction of sp³-hybridized carbons (Fsp3) is 0.429. The van der Waals surface area contributed by atoms with Crippen LogP contribution < -0.4 is 4.72 Å². The molecule has 1 aromatic heterocycles. The average molecular weight is 240 g/mol. The number of rotatable bonds is 4. The van der Waals surface area contributed by atoms with E-state index in [0.717, 1.165) is 5.56 Å². The van der Waals surface area contributed by atoms with Gasteiger partial charge in [0.25, 0.3) is 0 Å². The smallest absolute Gasteiger partial charge is 0.215 e. The number of sulfonamides is 1. The lowest BCUT2D eigenvalue weighted by molar-refractivity contribution is 0.583. The predicted octanol–water partition coefficient (Wildman–Crippen LogP) is 1.84. The third kappa shape index (κ3) is 3.64. The summed E-state index contributed by atoms with van der Waals surface area (Å²) in [5.74, 6) is 0.00403. The van der Waals surface area contributed by atoms with E-state index in [1.807, 2.05) is 0 Å². The molecule has 74 valence electrons. The maximum Gasteiger partial charge on any atom is 0.215 e. The molecule has 6 heteroatoms. The lowest BCUT2D eigenvalue weighted by Crippen LogP contribution is -2.24. The highest BCUT2D eigenvalue weighted by Gasteiger charge is 2.10. The third-order valence-corrected chi connectivity index (χ3v) is 3.92. The van der Waals surface area contributed by atoms with Gasteiger partial charge in [-0.3, -0.25) is 0 Å². The summed E-state index contributed by atoms with van der Waals surface area (Å²) >= 11 is 7.01. The van der Waals surface area contributed by atoms with Gasteiger partial charge >= 0.3 is 0 Å². The number of hydrogen-bond donors (Lipinski definition) is 1. The minimum absolute atomic E-state index is 0.00403. The molecular formula is C7H10ClNO2S2. The fourth-order valence-corrected chi connectivity index (χ4v) is 3.07. The maximum absolute atomic E-state index is 11.3. The van der Waals surface area contributed by atoms with Crippen LogP contribution in [-0.2, 0) is 15.8 Å². The van der Waals surface area contributed by atoms with Crippen molar-refractivity contribution >= 4 is 33.0 Å². The molecule has 1 aromatic rings. The van der Waals surface area contributed by atoms with Crippen LogP contribution in [0.25, 0.3) is 0 Å². The Morgan fingerprint density at radius 3 is 2.77 bits per heavy atom. The van der Waals surface area contributed by atoms with Crippen LogP contribution in [0.4, 0.5) is 0 Å². The van der Waals surface area contributed by atoms with Crippen molar-refractivity contribution < 1.29 is 8.42 Å². The maximum atomic E-state index is 11.3. The quantitative estimate of drug-likeness (QED) is 0.872. The van der Waals surface area contributed by atoms with Crippen LogP contribution in [-0.4, -0.2) is 15.0 Å². The molecule has 0 fully saturated rings. The SMILES string of the molecule is CCNS(=O)(=O)Cc1csc(Cl)c1. The zero-order chi connectivity index (χ0) is 9.90. The van der Waals surface area contributed by atoms with Crippen molar-refractivity contribution in [3.63, 3.8) is 0 Å². The first-order valence-corrected chi connectivity index (χ1v) is 6.65. The van der Waals surface area contributed by atoms with Crippen molar-refractivity contribution in [3.8, 4) is 0 Å². The summed E-state index contributed by atoms with van der Waals surface area (Å²) in [5, 5.41) is 1.75. The summed E-state index contributed by atoms with van der Waals surface area (Å²) in [4.78, 5) is 0. The molecule has 0 bridgehead atoms. The van der Waals surface area contributed by atoms with Gasteiger partial charge in [0, 0.05) is 6.54 Å². The van der Waals surface area contributed by atoms with Crippen molar-refractivity contribution in [1.29, 1.82) is 0 Å². The molecule has 0 spiro atoms. The van der Waals surface area contributed by atoms with Gasteiger partial charge in [-0.15, -0.1) is 11.3 Å². The predicted molar refractivity (Wildman–Crippen MR) is 55.6 cm³/mol. The number of nitrogens with one attached hydrogen (secondary N) is 1. The molecule has 0 aliphatic carbocycles. The van der Waals surface area contributed by atoms with Gasteiger partial charge < -0.3 is 0 Å². The zero-order valence-corrected chi connectivity index (χ0v) is 9.47. The second-order valence-corrected chi connectivity index (χ2v) is 5.87. The van der Waals surface area contributed by atoms with E-state index in [9.17, 15) is 8.42 Å². The Labute approximate surface area is 86.8 Å². The normalized spacial score (nSPS) is 11.8. The van der Waals surface area contributed by atoms with Gasteiger partial charge in [0.15, 0.2) is 0 Å². The van der Waals surface area contributed by atoms with Crippen LogP contribution >= 0.6 is 22.9 Å². The molecule has 0 radical (unpaired) electrons. The van der Waals surface area contributed by atoms with Gasteiger partial charge in [-0.25, -0.2) is 13.1 Å². The summed E-state index contributed by atoms with van der Waals surface area (Å²) in [6, 6.07) is 1.67. The Morgan fingerprint density at radius 2 is 2.31 bits per heavy atom. The molecule has 0 saturated carbocycles. The minimum Gasteiger partial charge on any atom is -0.215 e. The molecule has 13 heavy (non-hydrogen) atoms. The Kier molecular flexibility index (Phi) is 3.73. The molecule has 0 unspecified atom stereocenters. The molecule has 0 aromatic carbocycles. The third-order valence-electron chi connectivity index (χ3n) is 1.34. The highest BCUT2D eigenvalue weighted by Crippen LogP contribution is 2.21. The van der Waals surface area contributed by atoms with E-state index in [2.05, 4.69) is 4.72 Å². The molecule has 0 atom stereocenters. The largest absolute Gasteiger partial charge is 0.215 e. The van der Waals surface area contributed by atoms with Crippen LogP contribution in [0.5, 0.6) is 0 Å². The lowest BCUT2D eigenvalue weighted by atomic mass is 10.4. The second kappa shape index (κ2) is 4.41. The van der Waals surface area contributed by atoms with E-state index < -0.39 is 10.0 Å². The topological polar surface area (TPSA) is 46.2 Å². The Hall–Kier alpha value is -0.100. The number of hydrogen-bond acceptors (Lipinski definition) is 3. The summed E-state index contributed by atoms with van der Waals surface area (Å²) in [6.45, 7) is 2.17. The Balaban J connectivity index is 2.69. The van der Waals surface area contributed by atoms with Crippen molar-refractivity contribution in [3.05, 3.63) is 21.3 Å². The molecular weight excluding hydrogens is 230 g/mol. The van der Waals surface area contributed by atoms with E-state index in [0.29, 0.717) is 10.9 Å². The van der Waals surface area contributed by atoms with Crippen LogP contribution in [0.2, 0.25) is 4.34 Å². The monoisotopic (exact) mass is 239 g/mol. The van der Waals surface area contributed by atoms with Crippen LogP contribution in [0.1, 0.15) is 12.5 Å². The highest BCUT2D eigenvalue weighted by molar-refractivity contribution is 7.88. The van der Waals surface area contributed by atoms with E-state index in [-0.39, 0.29) is 5.75 Å². The highest BCUT2D eigenvalue weighted by atomic mass is 35.5. The van der Waals surface area contributed by atoms with Gasteiger partial charge in [0.2, 0.25) is 10.0 Å². The second-order valence-electron chi connectivity index (χ2n) is 2.52. The van der Waals surface area contributed by atoms with E-state index in [1.54, 1.807) is 18.4 Å². The standard InChI is InChI=1S/C7H10ClNO2S2/c1-2-9-13(10,11)5-6-3-7(8)12-4-6/h3-4,9H,2,5H2,1H3. The first kappa shape index (κ1) is 11.0. The summed E-state index contributed by atoms with van der Waals surface area (Å²) in [6.07, 6.45) is 0. The molecule has 3 nitrogen and oxygen atoms in total. The molecule has 0 aliphatic rings. The van der Waals surface area contributed by atoms with Crippen molar-refractivity contribution in [1.82, 2.24) is 4.72 Å². The van der Waals surface area contributed by atoms with Gasteiger partial charge in [-0.2, -0.15) is 0 Å². The number of halogens is 1. The van der Waals surface area contributed by atoms with Crippen molar-refractivity contribution in [2.24, 2.45) is 0 Å². The number of thiophene rings is 1. The van der Waals surface area contributed by atoms with E-state index in [4.69, 9.17) is 11.6 Å². The fourth-order valence-electron chi connectivity index (χ4n) is 0.912. The molecule has 0 saturated heterocycles. The molecule has 1 rings (SSSR count). The summed E-state index contributed by atoms with van der Waals surface area (Å²) in [5.41, 5.74) is 0.732. The molecule has 0 amide bonds. The first-order valence-electron chi connectivity index (χ1n) is 3.74. The van der Waals surface area contributed by atoms with Crippen LogP contribution in [0.3, 0.4) is 0 Å². The van der Waals surface area contributed by atoms with Gasteiger partial charge in [0.1, 0.15) is 0 Å². The van der Waals surface area contributed by atoms with Crippen molar-refractivity contribution in [2.45, 2.75) is 12.7 Å². The Morgan fingerprint density at radius 1 is 1.62 bits per heavy atom. The summed E-state index contributed by atoms with van der Waals surface area (Å²) < 4.78 is 25.5. The molecule has 1 N–H and O–H groups in total. The van der Waals surface area contributed by atoms with Gasteiger partial charge in [-0.05, 0) is 17.0 Å². The van der Waals surface area contributed by atoms with Crippen molar-refractivity contribution in [2.75, 3.05) is 6.54 Å². The van der Waals surface area contributed by atoms with E-state index in [1.165, 1.54) is 11.3 Å². The van der Waals surface area contributed by atoms with Gasteiger partial charge in [-0.1, -0.05) is 18.5 Å². The first-order chi connectivity index (χ1) is 6.03. The van der Waals surface area contributed by atoms with Gasteiger partial charge in [0.05, 0.1) is 10.1 Å². The van der Waals surface area contributed by atoms with E-state index >= 15 is 0 Å². The zero-order valence-electron chi connectivity index (χ0n) is 7.08. The molecule has 0 aliphatic heterocycles. The Bertz CT molecular complexity index is 372. The van der Waals surface area contributed by atoms with Crippen LogP contribution in [0.15, 0.2) is 11.4 Å². The van der Waals surface area contributed by atoms with Crippen LogP contribution in [0, 0.1) is 0 Å². The average Bonchev–Trinajstić information content (AvgIpc) is 2.34. The lowest BCUT2D eigenvalue weighted by Gasteiger charge is -2.01. The minimum atomic E-state index is -3.17. The summed E-state index contributed by atoms with van der Waals surface area (Å²) in [7, 11) is -3.17. The molecule has 1 heterocycles.